The van der Waals surface area contributed by atoms with E-state index in [0.29, 0.717) is 18.5 Å². The van der Waals surface area contributed by atoms with E-state index in [1.54, 1.807) is 0 Å². The molecule has 21 heavy (non-hydrogen) atoms. The van der Waals surface area contributed by atoms with Crippen molar-refractivity contribution in [3.8, 4) is 0 Å². The zero-order chi connectivity index (χ0) is 15.8. The summed E-state index contributed by atoms with van der Waals surface area (Å²) in [5.74, 6) is -1.01. The summed E-state index contributed by atoms with van der Waals surface area (Å²) in [5.41, 5.74) is 2.51. The molecule has 0 saturated heterocycles. The Labute approximate surface area is 125 Å². The third-order valence-corrected chi connectivity index (χ3v) is 3.35. The molecule has 0 aliphatic heterocycles. The molecular formula is C16H23NO4. The molecule has 1 aromatic carbocycles. The van der Waals surface area contributed by atoms with Gasteiger partial charge in [0, 0.05) is 18.6 Å². The van der Waals surface area contributed by atoms with Crippen LogP contribution in [0.15, 0.2) is 18.2 Å². The zero-order valence-corrected chi connectivity index (χ0v) is 12.6. The van der Waals surface area contributed by atoms with E-state index in [0.717, 1.165) is 11.1 Å². The van der Waals surface area contributed by atoms with E-state index in [2.05, 4.69) is 5.32 Å². The Morgan fingerprint density at radius 1 is 1.29 bits per heavy atom. The molecule has 0 saturated carbocycles. The first-order valence-corrected chi connectivity index (χ1v) is 7.13. The number of aliphatic hydroxyl groups excluding tert-OH is 1. The number of benzene rings is 1. The maximum atomic E-state index is 12.6. The average molecular weight is 293 g/mol. The summed E-state index contributed by atoms with van der Waals surface area (Å²) in [6.45, 7) is 4.31. The van der Waals surface area contributed by atoms with Crippen LogP contribution >= 0.6 is 0 Å². The normalized spacial score (nSPS) is 12.1. The van der Waals surface area contributed by atoms with E-state index in [4.69, 9.17) is 10.2 Å². The molecule has 0 bridgehead atoms. The Morgan fingerprint density at radius 3 is 2.62 bits per heavy atom. The van der Waals surface area contributed by atoms with Gasteiger partial charge in [0.05, 0.1) is 6.04 Å². The maximum Gasteiger partial charge on any atom is 0.303 e. The van der Waals surface area contributed by atoms with Gasteiger partial charge in [-0.25, -0.2) is 0 Å². The lowest BCUT2D eigenvalue weighted by Gasteiger charge is -2.18. The van der Waals surface area contributed by atoms with Crippen LogP contribution in [-0.4, -0.2) is 41.2 Å². The number of aliphatic carboxylic acids is 1. The third-order valence-electron chi connectivity index (χ3n) is 3.35. The molecule has 5 heteroatoms. The molecular weight excluding hydrogens is 270 g/mol. The lowest BCUT2D eigenvalue weighted by Crippen LogP contribution is -2.38. The minimum absolute atomic E-state index is 0.0380. The molecule has 0 aromatic heterocycles. The summed E-state index contributed by atoms with van der Waals surface area (Å²) in [6.07, 6.45) is 0.712. The molecule has 1 rings (SSSR count). The quantitative estimate of drug-likeness (QED) is 0.476. The van der Waals surface area contributed by atoms with E-state index in [1.165, 1.54) is 0 Å². The van der Waals surface area contributed by atoms with E-state index in [9.17, 15) is 9.59 Å². The Kier molecular flexibility index (Phi) is 7.05. The second-order valence-corrected chi connectivity index (χ2v) is 5.20. The molecule has 3 N–H and O–H groups in total. The Bertz CT molecular complexity index is 499. The van der Waals surface area contributed by atoms with Crippen LogP contribution in [0.5, 0.6) is 0 Å². The first-order chi connectivity index (χ1) is 9.95. The Morgan fingerprint density at radius 2 is 2.00 bits per heavy atom. The number of rotatable bonds is 9. The van der Waals surface area contributed by atoms with Gasteiger partial charge in [-0.1, -0.05) is 17.7 Å². The van der Waals surface area contributed by atoms with Crippen LogP contribution in [0.3, 0.4) is 0 Å². The summed E-state index contributed by atoms with van der Waals surface area (Å²) in [6, 6.07) is 5.13. The number of hydrogen-bond donors (Lipinski definition) is 3. The molecule has 116 valence electrons. The van der Waals surface area contributed by atoms with Crippen LogP contribution in [0.2, 0.25) is 0 Å². The zero-order valence-electron chi connectivity index (χ0n) is 12.6. The van der Waals surface area contributed by atoms with Gasteiger partial charge >= 0.3 is 5.97 Å². The lowest BCUT2D eigenvalue weighted by molar-refractivity contribution is -0.137. The molecule has 1 aromatic rings. The molecule has 0 spiro atoms. The summed E-state index contributed by atoms with van der Waals surface area (Å²) in [4.78, 5) is 23.3. The number of ketones is 1. The highest BCUT2D eigenvalue weighted by molar-refractivity contribution is 6.01. The summed E-state index contributed by atoms with van der Waals surface area (Å²) >= 11 is 0. The molecule has 5 nitrogen and oxygen atoms in total. The van der Waals surface area contributed by atoms with Crippen molar-refractivity contribution in [1.82, 2.24) is 5.32 Å². The number of Topliss-reactive ketones (excluding diaryl/α,β-unsaturated/α-hetero) is 1. The van der Waals surface area contributed by atoms with Crippen LogP contribution in [0.4, 0.5) is 0 Å². The number of aryl methyl sites for hydroxylation is 2. The van der Waals surface area contributed by atoms with E-state index in [1.807, 2.05) is 32.0 Å². The van der Waals surface area contributed by atoms with Crippen molar-refractivity contribution in [1.29, 1.82) is 0 Å². The van der Waals surface area contributed by atoms with Crippen molar-refractivity contribution in [2.24, 2.45) is 0 Å². The molecule has 1 unspecified atom stereocenters. The summed E-state index contributed by atoms with van der Waals surface area (Å²) in [7, 11) is 0. The topological polar surface area (TPSA) is 86.6 Å². The predicted octanol–water partition coefficient (Wildman–Crippen LogP) is 1.69. The van der Waals surface area contributed by atoms with Crippen molar-refractivity contribution in [2.45, 2.75) is 39.2 Å². The highest BCUT2D eigenvalue weighted by Crippen LogP contribution is 2.15. The Balaban J connectivity index is 2.86. The largest absolute Gasteiger partial charge is 0.481 e. The second-order valence-electron chi connectivity index (χ2n) is 5.20. The number of carboxylic acid groups (broad SMARTS) is 1. The van der Waals surface area contributed by atoms with Gasteiger partial charge in [0.25, 0.3) is 0 Å². The van der Waals surface area contributed by atoms with Crippen LogP contribution in [-0.2, 0) is 4.79 Å². The molecule has 0 aliphatic carbocycles. The minimum Gasteiger partial charge on any atom is -0.481 e. The minimum atomic E-state index is -0.919. The Hall–Kier alpha value is -1.72. The van der Waals surface area contributed by atoms with Gasteiger partial charge in [-0.2, -0.15) is 0 Å². The van der Waals surface area contributed by atoms with Crippen molar-refractivity contribution in [2.75, 3.05) is 13.2 Å². The number of hydrogen-bond acceptors (Lipinski definition) is 4. The number of aliphatic hydroxyl groups is 1. The number of carboxylic acids is 1. The molecule has 1 atom stereocenters. The fourth-order valence-corrected chi connectivity index (χ4v) is 2.14. The van der Waals surface area contributed by atoms with Crippen molar-refractivity contribution >= 4 is 11.8 Å². The third kappa shape index (κ3) is 5.65. The fourth-order valence-electron chi connectivity index (χ4n) is 2.14. The van der Waals surface area contributed by atoms with Crippen LogP contribution in [0.1, 0.15) is 40.7 Å². The number of carbonyl (C=O) groups excluding carboxylic acids is 1. The molecule has 0 radical (unpaired) electrons. The summed E-state index contributed by atoms with van der Waals surface area (Å²) < 4.78 is 0. The smallest absolute Gasteiger partial charge is 0.303 e. The average Bonchev–Trinajstić information content (AvgIpc) is 2.44. The van der Waals surface area contributed by atoms with Crippen LogP contribution < -0.4 is 5.32 Å². The van der Waals surface area contributed by atoms with Crippen molar-refractivity contribution < 1.29 is 19.8 Å². The van der Waals surface area contributed by atoms with Gasteiger partial charge < -0.3 is 15.5 Å². The van der Waals surface area contributed by atoms with Crippen LogP contribution in [0, 0.1) is 13.8 Å². The van der Waals surface area contributed by atoms with Gasteiger partial charge in [0.2, 0.25) is 0 Å². The van der Waals surface area contributed by atoms with Gasteiger partial charge in [0.1, 0.15) is 0 Å². The van der Waals surface area contributed by atoms with Gasteiger partial charge in [0.15, 0.2) is 5.78 Å². The van der Waals surface area contributed by atoms with Gasteiger partial charge in [-0.3, -0.25) is 9.59 Å². The second kappa shape index (κ2) is 8.54. The van der Waals surface area contributed by atoms with E-state index < -0.39 is 12.0 Å². The van der Waals surface area contributed by atoms with Crippen molar-refractivity contribution in [3.05, 3.63) is 34.9 Å². The standard InChI is InChI=1S/C16H23NO4/c1-11-4-5-12(2)13(10-11)16(21)14(6-7-15(19)20)17-8-3-9-18/h4-5,10,14,17-18H,3,6-9H2,1-2H3,(H,19,20). The monoisotopic (exact) mass is 293 g/mol. The summed E-state index contributed by atoms with van der Waals surface area (Å²) in [5, 5.41) is 20.7. The first-order valence-electron chi connectivity index (χ1n) is 7.13. The highest BCUT2D eigenvalue weighted by Gasteiger charge is 2.21. The molecule has 0 heterocycles. The molecule has 0 fully saturated rings. The van der Waals surface area contributed by atoms with Gasteiger partial charge in [-0.15, -0.1) is 0 Å². The van der Waals surface area contributed by atoms with E-state index >= 15 is 0 Å². The molecule has 0 amide bonds. The number of carbonyl (C=O) groups is 2. The fraction of sp³-hybridized carbons (Fsp3) is 0.500. The number of nitrogens with one attached hydrogen (secondary N) is 1. The van der Waals surface area contributed by atoms with Crippen LogP contribution in [0.25, 0.3) is 0 Å². The first kappa shape index (κ1) is 17.3. The SMILES string of the molecule is Cc1ccc(C)c(C(=O)C(CCC(=O)O)NCCCO)c1. The van der Waals surface area contributed by atoms with E-state index in [-0.39, 0.29) is 25.2 Å². The van der Waals surface area contributed by atoms with Gasteiger partial charge in [-0.05, 0) is 44.9 Å². The maximum absolute atomic E-state index is 12.6. The lowest BCUT2D eigenvalue weighted by atomic mass is 9.95. The predicted molar refractivity (Wildman–Crippen MR) is 80.6 cm³/mol. The highest BCUT2D eigenvalue weighted by atomic mass is 16.4. The van der Waals surface area contributed by atoms with Crippen molar-refractivity contribution in [3.63, 3.8) is 0 Å². The molecule has 0 aliphatic rings.